The summed E-state index contributed by atoms with van der Waals surface area (Å²) in [7, 11) is 0. The van der Waals surface area contributed by atoms with Crippen LogP contribution in [-0.4, -0.2) is 139 Å². The van der Waals surface area contributed by atoms with E-state index in [1.807, 2.05) is 22.0 Å². The second-order valence-corrected chi connectivity index (χ2v) is 13.6. The molecule has 4 aliphatic heterocycles. The van der Waals surface area contributed by atoms with Gasteiger partial charge in [0.15, 0.2) is 0 Å². The summed E-state index contributed by atoms with van der Waals surface area (Å²) in [6, 6.07) is 16.2. The number of likely N-dealkylation sites (N-methyl/N-ethyl adjacent to an activating group) is 1. The third-order valence-electron chi connectivity index (χ3n) is 9.74. The Morgan fingerprint density at radius 1 is 0.705 bits per heavy atom. The molecule has 2 fully saturated rings. The number of benzene rings is 2. The highest BCUT2D eigenvalue weighted by Crippen LogP contribution is 2.31. The lowest BCUT2D eigenvalue weighted by Gasteiger charge is -2.28. The third-order valence-corrected chi connectivity index (χ3v) is 9.74. The van der Waals surface area contributed by atoms with Gasteiger partial charge in [-0.25, -0.2) is 33.3 Å². The molecule has 20 heteroatoms. The van der Waals surface area contributed by atoms with Gasteiger partial charge in [0.2, 0.25) is 6.41 Å². The monoisotopic (exact) mass is 842 g/mol. The summed E-state index contributed by atoms with van der Waals surface area (Å²) in [5.74, 6) is 0.420. The fourth-order valence-electron chi connectivity index (χ4n) is 6.49. The molecule has 0 aliphatic carbocycles. The highest BCUT2D eigenvalue weighted by atomic mass is 19.1. The molecule has 2 N–H and O–H groups in total. The first-order valence-electron chi connectivity index (χ1n) is 19.3. The van der Waals surface area contributed by atoms with Crippen molar-refractivity contribution in [3.8, 4) is 22.3 Å². The van der Waals surface area contributed by atoms with E-state index in [2.05, 4.69) is 27.1 Å². The van der Waals surface area contributed by atoms with Crippen LogP contribution in [0, 0.1) is 11.6 Å². The van der Waals surface area contributed by atoms with Crippen molar-refractivity contribution in [3.05, 3.63) is 84.7 Å². The van der Waals surface area contributed by atoms with Crippen LogP contribution in [0.4, 0.5) is 41.4 Å². The second kappa shape index (κ2) is 20.3. The van der Waals surface area contributed by atoms with Crippen molar-refractivity contribution < 1.29 is 47.6 Å². The number of carbonyl (C=O) groups is 4. The minimum Gasteiger partial charge on any atom is -0.441 e. The predicted octanol–water partition coefficient (Wildman–Crippen LogP) is 3.92. The van der Waals surface area contributed by atoms with E-state index in [4.69, 9.17) is 24.5 Å². The molecule has 0 unspecified atom stereocenters. The summed E-state index contributed by atoms with van der Waals surface area (Å²) in [4.78, 5) is 58.4. The summed E-state index contributed by atoms with van der Waals surface area (Å²) in [5.41, 5.74) is 2.71. The molecule has 0 bridgehead atoms. The molecule has 2 atom stereocenters. The van der Waals surface area contributed by atoms with Gasteiger partial charge in [0.05, 0.1) is 50.8 Å². The SMILES string of the molecule is CC=O.CCN1CCN(c2ccc(-c3ccc(N4C[C@H](CO)OC4=O)cc3F)cn2)C=N1.O=CN1CCN(c2ccc(-c3ccc(N4C[C@H](CO)OC4=O)cc3F)cn2)C=N1. The van der Waals surface area contributed by atoms with Gasteiger partial charge in [0.1, 0.15) is 54.4 Å². The maximum Gasteiger partial charge on any atom is 0.414 e. The molecular formula is C41H44F2N10O8. The van der Waals surface area contributed by atoms with Crippen molar-refractivity contribution >= 4 is 60.6 Å². The van der Waals surface area contributed by atoms with Crippen molar-refractivity contribution in [3.63, 3.8) is 0 Å². The Labute approximate surface area is 349 Å². The van der Waals surface area contributed by atoms with Crippen LogP contribution in [0.15, 0.2) is 83.3 Å². The molecule has 61 heavy (non-hydrogen) atoms. The Morgan fingerprint density at radius 3 is 1.51 bits per heavy atom. The molecule has 0 saturated carbocycles. The molecule has 320 valence electrons. The summed E-state index contributed by atoms with van der Waals surface area (Å²) < 4.78 is 39.4. The van der Waals surface area contributed by atoms with E-state index in [0.29, 0.717) is 58.9 Å². The van der Waals surface area contributed by atoms with Crippen molar-refractivity contribution in [1.29, 1.82) is 0 Å². The Morgan fingerprint density at radius 2 is 1.18 bits per heavy atom. The third kappa shape index (κ3) is 10.4. The smallest absolute Gasteiger partial charge is 0.414 e. The van der Waals surface area contributed by atoms with Crippen LogP contribution in [0.1, 0.15) is 13.8 Å². The summed E-state index contributed by atoms with van der Waals surface area (Å²) >= 11 is 0. The standard InChI is InChI=1S/C20H22FN5O3.C19H18FN5O4.C2H4O/c1-2-25-8-7-24(13-23-25)19-6-3-14(10-22-19)17-5-4-15(9-18(17)21)26-11-16(12-27)29-20(26)28;20-17-7-14(25-9-15(10-26)29-19(25)28)2-3-16(17)13-1-4-18(21-8-13)23-5-6-24(12-27)22-11-23;1-2-3/h3-6,9-10,13,16,27H,2,7-8,11-12H2,1H3;1-4,7-8,11-12,15,26H,5-6,9-10H2;2H,1H3/t16-;15-;/m11./s1. The predicted molar refractivity (Wildman–Crippen MR) is 222 cm³/mol. The number of aldehydes is 1. The molecule has 2 aromatic heterocycles. The van der Waals surface area contributed by atoms with Crippen LogP contribution in [0.2, 0.25) is 0 Å². The number of aliphatic hydroxyl groups excluding tert-OH is 2. The number of pyridine rings is 2. The van der Waals surface area contributed by atoms with Gasteiger partial charge >= 0.3 is 12.2 Å². The van der Waals surface area contributed by atoms with Gasteiger partial charge in [-0.15, -0.1) is 0 Å². The van der Waals surface area contributed by atoms with Gasteiger partial charge in [-0.3, -0.25) is 19.6 Å². The van der Waals surface area contributed by atoms with E-state index < -0.39 is 36.0 Å². The first kappa shape index (κ1) is 43.5. The zero-order valence-electron chi connectivity index (χ0n) is 33.3. The maximum absolute atomic E-state index is 14.7. The Hall–Kier alpha value is -7.06. The summed E-state index contributed by atoms with van der Waals surface area (Å²) in [6.45, 7) is 6.79. The first-order valence-corrected chi connectivity index (χ1v) is 19.3. The van der Waals surface area contributed by atoms with Gasteiger partial charge in [-0.1, -0.05) is 0 Å². The van der Waals surface area contributed by atoms with E-state index in [-0.39, 0.29) is 26.3 Å². The zero-order chi connectivity index (χ0) is 43.5. The molecule has 8 rings (SSSR count). The summed E-state index contributed by atoms with van der Waals surface area (Å²) in [6.07, 6.45) is 5.44. The molecule has 2 saturated heterocycles. The Kier molecular flexibility index (Phi) is 14.5. The molecule has 0 radical (unpaired) electrons. The minimum absolute atomic E-state index is 0.170. The average Bonchev–Trinajstić information content (AvgIpc) is 3.88. The van der Waals surface area contributed by atoms with Gasteiger partial charge < -0.3 is 34.3 Å². The Balaban J connectivity index is 0.000000192. The molecular weight excluding hydrogens is 799 g/mol. The number of hydrogen-bond acceptors (Lipinski definition) is 15. The normalized spacial score (nSPS) is 18.3. The van der Waals surface area contributed by atoms with E-state index in [1.54, 1.807) is 60.0 Å². The highest BCUT2D eigenvalue weighted by molar-refractivity contribution is 5.91. The van der Waals surface area contributed by atoms with Gasteiger partial charge in [-0.2, -0.15) is 10.2 Å². The quantitative estimate of drug-likeness (QED) is 0.218. The number of amides is 3. The van der Waals surface area contributed by atoms with Gasteiger partial charge in [0.25, 0.3) is 0 Å². The number of cyclic esters (lactones) is 2. The van der Waals surface area contributed by atoms with Crippen LogP contribution in [0.3, 0.4) is 0 Å². The average molecular weight is 843 g/mol. The molecule has 4 aliphatic rings. The number of rotatable bonds is 10. The molecule has 3 amide bonds. The molecule has 0 spiro atoms. The van der Waals surface area contributed by atoms with Gasteiger partial charge in [-0.05, 0) is 74.5 Å². The number of anilines is 4. The van der Waals surface area contributed by atoms with Crippen molar-refractivity contribution in [2.45, 2.75) is 26.1 Å². The lowest BCUT2D eigenvalue weighted by molar-refractivity contribution is -0.118. The largest absolute Gasteiger partial charge is 0.441 e. The number of carbonyl (C=O) groups excluding carboxylic acids is 4. The lowest BCUT2D eigenvalue weighted by atomic mass is 10.1. The zero-order valence-corrected chi connectivity index (χ0v) is 33.3. The van der Waals surface area contributed by atoms with Gasteiger partial charge in [0, 0.05) is 54.3 Å². The van der Waals surface area contributed by atoms with Crippen LogP contribution in [0.25, 0.3) is 22.3 Å². The number of hydrogen-bond donors (Lipinski definition) is 2. The van der Waals surface area contributed by atoms with E-state index >= 15 is 0 Å². The van der Waals surface area contributed by atoms with Crippen LogP contribution >= 0.6 is 0 Å². The first-order chi connectivity index (χ1) is 29.6. The number of nitrogens with zero attached hydrogens (tertiary/aromatic N) is 10. The van der Waals surface area contributed by atoms with Crippen molar-refractivity contribution in [1.82, 2.24) is 20.0 Å². The lowest BCUT2D eigenvalue weighted by Crippen LogP contribution is -2.38. The maximum atomic E-state index is 14.7. The molecule has 6 heterocycles. The Bertz CT molecular complexity index is 2230. The fourth-order valence-corrected chi connectivity index (χ4v) is 6.49. The number of aromatic nitrogens is 2. The van der Waals surface area contributed by atoms with Crippen LogP contribution in [0.5, 0.6) is 0 Å². The fraction of sp³-hybridized carbons (Fsp3) is 0.317. The number of hydrazone groups is 2. The van der Waals surface area contributed by atoms with Crippen LogP contribution < -0.4 is 19.6 Å². The van der Waals surface area contributed by atoms with E-state index in [1.165, 1.54) is 40.2 Å². The number of aliphatic hydroxyl groups is 2. The molecule has 18 nitrogen and oxygen atoms in total. The van der Waals surface area contributed by atoms with Crippen molar-refractivity contribution in [2.24, 2.45) is 10.2 Å². The van der Waals surface area contributed by atoms with E-state index in [9.17, 15) is 23.2 Å². The highest BCUT2D eigenvalue weighted by Gasteiger charge is 2.33. The molecule has 2 aromatic carbocycles. The number of ether oxygens (including phenoxy) is 2. The second-order valence-electron chi connectivity index (χ2n) is 13.6. The minimum atomic E-state index is -0.612. The van der Waals surface area contributed by atoms with E-state index in [0.717, 1.165) is 31.7 Å². The summed E-state index contributed by atoms with van der Waals surface area (Å²) in [5, 5.41) is 29.8. The van der Waals surface area contributed by atoms with Crippen LogP contribution in [-0.2, 0) is 19.1 Å². The number of halogens is 2. The molecule has 4 aromatic rings. The van der Waals surface area contributed by atoms with Crippen molar-refractivity contribution in [2.75, 3.05) is 78.6 Å². The topological polar surface area (TPSA) is 197 Å².